The minimum Gasteiger partial charge on any atom is -0.481 e. The molecule has 0 unspecified atom stereocenters. The van der Waals surface area contributed by atoms with Gasteiger partial charge in [0.25, 0.3) is 5.91 Å². The molecule has 1 aromatic rings. The highest BCUT2D eigenvalue weighted by Crippen LogP contribution is 2.35. The minimum atomic E-state index is -0.975. The topological polar surface area (TPSA) is 125 Å². The second-order valence-corrected chi connectivity index (χ2v) is 4.67. The second-order valence-electron chi connectivity index (χ2n) is 4.67. The molecule has 0 aromatic carbocycles. The van der Waals surface area contributed by atoms with E-state index in [-0.39, 0.29) is 17.9 Å². The number of H-pyrrole nitrogens is 1. The first-order chi connectivity index (χ1) is 8.92. The molecule has 0 spiro atoms. The number of carbonyl (C=O) groups is 2. The maximum absolute atomic E-state index is 11.9. The summed E-state index contributed by atoms with van der Waals surface area (Å²) in [6.45, 7) is 0. The molecular formula is C11H13N3O5. The Labute approximate surface area is 108 Å². The fraction of sp³-hybridized carbons (Fsp3) is 0.455. The monoisotopic (exact) mass is 267 g/mol. The van der Waals surface area contributed by atoms with Crippen molar-refractivity contribution in [2.24, 2.45) is 0 Å². The Hall–Kier alpha value is -2.38. The molecule has 1 aromatic heterocycles. The molecule has 1 aliphatic carbocycles. The highest BCUT2D eigenvalue weighted by Gasteiger charge is 2.41. The molecule has 0 radical (unpaired) electrons. The number of amides is 1. The van der Waals surface area contributed by atoms with Gasteiger partial charge in [0.15, 0.2) is 5.69 Å². The SMILES string of the molecule is O=C(O)CC1(NC(=O)c2ccc([N+](=O)[O-])[nH]2)CCC1. The van der Waals surface area contributed by atoms with Crippen LogP contribution in [0.3, 0.4) is 0 Å². The van der Waals surface area contributed by atoms with Crippen molar-refractivity contribution in [2.75, 3.05) is 0 Å². The number of nitrogens with zero attached hydrogens (tertiary/aromatic N) is 1. The zero-order valence-electron chi connectivity index (χ0n) is 10.0. The maximum atomic E-state index is 11.9. The van der Waals surface area contributed by atoms with Gasteiger partial charge in [-0.3, -0.25) is 9.59 Å². The van der Waals surface area contributed by atoms with Crippen molar-refractivity contribution >= 4 is 17.7 Å². The van der Waals surface area contributed by atoms with E-state index in [4.69, 9.17) is 5.11 Å². The molecule has 1 heterocycles. The summed E-state index contributed by atoms with van der Waals surface area (Å²) in [6.07, 6.45) is 1.93. The Morgan fingerprint density at radius 2 is 2.16 bits per heavy atom. The number of carboxylic acids is 1. The molecule has 8 heteroatoms. The van der Waals surface area contributed by atoms with Gasteiger partial charge >= 0.3 is 11.8 Å². The Morgan fingerprint density at radius 3 is 2.58 bits per heavy atom. The van der Waals surface area contributed by atoms with E-state index in [9.17, 15) is 19.7 Å². The van der Waals surface area contributed by atoms with Crippen molar-refractivity contribution in [1.82, 2.24) is 10.3 Å². The van der Waals surface area contributed by atoms with Gasteiger partial charge in [-0.15, -0.1) is 0 Å². The van der Waals surface area contributed by atoms with E-state index in [0.29, 0.717) is 12.8 Å². The molecule has 2 rings (SSSR count). The summed E-state index contributed by atoms with van der Waals surface area (Å²) in [5.41, 5.74) is -0.661. The number of hydrogen-bond donors (Lipinski definition) is 3. The average molecular weight is 267 g/mol. The average Bonchev–Trinajstić information content (AvgIpc) is 2.74. The van der Waals surface area contributed by atoms with E-state index in [1.165, 1.54) is 12.1 Å². The van der Waals surface area contributed by atoms with Crippen molar-refractivity contribution in [3.05, 3.63) is 27.9 Å². The molecule has 1 amide bonds. The molecule has 1 aliphatic rings. The van der Waals surface area contributed by atoms with Gasteiger partial charge < -0.3 is 20.5 Å². The van der Waals surface area contributed by atoms with Gasteiger partial charge in [-0.2, -0.15) is 0 Å². The highest BCUT2D eigenvalue weighted by atomic mass is 16.6. The summed E-state index contributed by atoms with van der Waals surface area (Å²) in [4.78, 5) is 34.9. The zero-order chi connectivity index (χ0) is 14.0. The summed E-state index contributed by atoms with van der Waals surface area (Å²) >= 11 is 0. The lowest BCUT2D eigenvalue weighted by atomic mass is 9.74. The quantitative estimate of drug-likeness (QED) is 0.543. The number of aromatic nitrogens is 1. The third-order valence-corrected chi connectivity index (χ3v) is 3.29. The minimum absolute atomic E-state index is 0.0587. The zero-order valence-corrected chi connectivity index (χ0v) is 10.0. The van der Waals surface area contributed by atoms with E-state index in [1.807, 2.05) is 0 Å². The summed E-state index contributed by atoms with van der Waals surface area (Å²) < 4.78 is 0. The molecule has 102 valence electrons. The van der Waals surface area contributed by atoms with Crippen LogP contribution in [0.15, 0.2) is 12.1 Å². The fourth-order valence-corrected chi connectivity index (χ4v) is 2.17. The summed E-state index contributed by atoms with van der Waals surface area (Å²) in [5, 5.41) is 22.0. The van der Waals surface area contributed by atoms with Crippen LogP contribution in [0.2, 0.25) is 0 Å². The number of carbonyl (C=O) groups excluding carboxylic acids is 1. The molecule has 3 N–H and O–H groups in total. The largest absolute Gasteiger partial charge is 0.481 e. The third kappa shape index (κ3) is 2.72. The normalized spacial score (nSPS) is 16.4. The van der Waals surface area contributed by atoms with Crippen LogP contribution in [0.25, 0.3) is 0 Å². The fourth-order valence-electron chi connectivity index (χ4n) is 2.17. The van der Waals surface area contributed by atoms with Crippen LogP contribution >= 0.6 is 0 Å². The molecule has 0 aliphatic heterocycles. The third-order valence-electron chi connectivity index (χ3n) is 3.29. The van der Waals surface area contributed by atoms with Crippen LogP contribution in [0.5, 0.6) is 0 Å². The van der Waals surface area contributed by atoms with Crippen LogP contribution < -0.4 is 5.32 Å². The van der Waals surface area contributed by atoms with E-state index < -0.39 is 22.3 Å². The van der Waals surface area contributed by atoms with Gasteiger partial charge in [-0.1, -0.05) is 0 Å². The van der Waals surface area contributed by atoms with Gasteiger partial charge in [0.05, 0.1) is 12.0 Å². The predicted octanol–water partition coefficient (Wildman–Crippen LogP) is 1.05. The first kappa shape index (κ1) is 13.1. The molecular weight excluding hydrogens is 254 g/mol. The van der Waals surface area contributed by atoms with Gasteiger partial charge in [-0.05, 0) is 30.3 Å². The van der Waals surface area contributed by atoms with E-state index >= 15 is 0 Å². The Kier molecular flexibility index (Phi) is 3.24. The molecule has 0 bridgehead atoms. The predicted molar refractivity (Wildman–Crippen MR) is 63.7 cm³/mol. The van der Waals surface area contributed by atoms with Gasteiger partial charge in [-0.25, -0.2) is 4.98 Å². The Bertz CT molecular complexity index is 532. The number of hydrogen-bond acceptors (Lipinski definition) is 4. The van der Waals surface area contributed by atoms with Crippen molar-refractivity contribution in [3.8, 4) is 0 Å². The number of aliphatic carboxylic acids is 1. The first-order valence-corrected chi connectivity index (χ1v) is 5.80. The lowest BCUT2D eigenvalue weighted by Gasteiger charge is -2.41. The lowest BCUT2D eigenvalue weighted by Crippen LogP contribution is -2.54. The molecule has 1 saturated carbocycles. The van der Waals surface area contributed by atoms with Crippen LogP contribution in [0.1, 0.15) is 36.2 Å². The number of nitro groups is 1. The highest BCUT2D eigenvalue weighted by molar-refractivity contribution is 5.93. The van der Waals surface area contributed by atoms with E-state index in [2.05, 4.69) is 10.3 Å². The summed E-state index contributed by atoms with van der Waals surface area (Å²) in [7, 11) is 0. The van der Waals surface area contributed by atoms with Crippen molar-refractivity contribution in [2.45, 2.75) is 31.2 Å². The number of carboxylic acid groups (broad SMARTS) is 1. The first-order valence-electron chi connectivity index (χ1n) is 5.80. The smallest absolute Gasteiger partial charge is 0.321 e. The van der Waals surface area contributed by atoms with Gasteiger partial charge in [0.1, 0.15) is 0 Å². The van der Waals surface area contributed by atoms with Crippen LogP contribution in [0.4, 0.5) is 5.82 Å². The molecule has 1 fully saturated rings. The molecule has 0 saturated heterocycles. The number of nitrogens with one attached hydrogen (secondary N) is 2. The standard InChI is InChI=1S/C11H13N3O5/c15-9(16)6-11(4-1-5-11)13-10(17)7-2-3-8(12-7)14(18)19/h2-3,12H,1,4-6H2,(H,13,17)(H,15,16). The van der Waals surface area contributed by atoms with Crippen LogP contribution in [-0.2, 0) is 4.79 Å². The number of aromatic amines is 1. The molecule has 0 atom stereocenters. The van der Waals surface area contributed by atoms with Crippen LogP contribution in [-0.4, -0.2) is 32.4 Å². The Balaban J connectivity index is 2.07. The van der Waals surface area contributed by atoms with E-state index in [1.54, 1.807) is 0 Å². The van der Waals surface area contributed by atoms with Crippen molar-refractivity contribution in [1.29, 1.82) is 0 Å². The van der Waals surface area contributed by atoms with Gasteiger partial charge in [0.2, 0.25) is 0 Å². The maximum Gasteiger partial charge on any atom is 0.321 e. The summed E-state index contributed by atoms with van der Waals surface area (Å²) in [6, 6.07) is 2.50. The van der Waals surface area contributed by atoms with Crippen molar-refractivity contribution in [3.63, 3.8) is 0 Å². The van der Waals surface area contributed by atoms with E-state index in [0.717, 1.165) is 6.42 Å². The number of rotatable bonds is 5. The second kappa shape index (κ2) is 4.71. The Morgan fingerprint density at radius 1 is 1.47 bits per heavy atom. The van der Waals surface area contributed by atoms with Crippen LogP contribution in [0, 0.1) is 10.1 Å². The lowest BCUT2D eigenvalue weighted by molar-refractivity contribution is -0.389. The van der Waals surface area contributed by atoms with Gasteiger partial charge in [0, 0.05) is 6.07 Å². The van der Waals surface area contributed by atoms with Crippen molar-refractivity contribution < 1.29 is 19.6 Å². The molecule has 8 nitrogen and oxygen atoms in total. The summed E-state index contributed by atoms with van der Waals surface area (Å²) in [5.74, 6) is -1.77. The molecule has 19 heavy (non-hydrogen) atoms.